The summed E-state index contributed by atoms with van der Waals surface area (Å²) in [6.45, 7) is 7.66. The number of nitrogens with one attached hydrogen (secondary N) is 1. The predicted molar refractivity (Wildman–Crippen MR) is 90.0 cm³/mol. The van der Waals surface area contributed by atoms with Crippen molar-refractivity contribution in [2.45, 2.75) is 24.8 Å². The molecule has 116 valence electrons. The third-order valence-electron chi connectivity index (χ3n) is 3.67. The van der Waals surface area contributed by atoms with E-state index < -0.39 is 10.0 Å². The molecule has 0 bridgehead atoms. The molecule has 0 saturated heterocycles. The van der Waals surface area contributed by atoms with Gasteiger partial charge in [0.1, 0.15) is 0 Å². The van der Waals surface area contributed by atoms with Gasteiger partial charge in [-0.1, -0.05) is 61.0 Å². The van der Waals surface area contributed by atoms with Gasteiger partial charge in [0.05, 0.1) is 10.9 Å². The maximum Gasteiger partial charge on any atom is 0.241 e. The lowest BCUT2D eigenvalue weighted by Gasteiger charge is -2.23. The summed E-state index contributed by atoms with van der Waals surface area (Å²) in [4.78, 5) is 0.273. The standard InChI is InChI=1S/C18H21NO2S/c1-4-15(3)18(16-8-6-5-7-9-16)19-22(20,21)17-12-10-14(2)11-13-17/h4-13,15,18-19H,1H2,2-3H3/t15-,18-/m0/s1. The summed E-state index contributed by atoms with van der Waals surface area (Å²) in [6, 6.07) is 16.0. The third kappa shape index (κ3) is 3.84. The van der Waals surface area contributed by atoms with Crippen molar-refractivity contribution in [3.8, 4) is 0 Å². The summed E-state index contributed by atoms with van der Waals surface area (Å²) in [5.74, 6) is -0.0253. The van der Waals surface area contributed by atoms with E-state index in [0.29, 0.717) is 0 Å². The van der Waals surface area contributed by atoms with Crippen LogP contribution in [0.15, 0.2) is 72.1 Å². The highest BCUT2D eigenvalue weighted by Crippen LogP contribution is 2.25. The Bertz CT molecular complexity index is 721. The van der Waals surface area contributed by atoms with Gasteiger partial charge in [0.25, 0.3) is 0 Å². The zero-order valence-corrected chi connectivity index (χ0v) is 13.7. The second-order valence-corrected chi connectivity index (χ2v) is 7.13. The van der Waals surface area contributed by atoms with Crippen LogP contribution < -0.4 is 4.72 Å². The molecule has 0 aliphatic rings. The minimum Gasteiger partial charge on any atom is -0.207 e. The van der Waals surface area contributed by atoms with Gasteiger partial charge >= 0.3 is 0 Å². The fraction of sp³-hybridized carbons (Fsp3) is 0.222. The highest BCUT2D eigenvalue weighted by molar-refractivity contribution is 7.89. The molecule has 4 heteroatoms. The van der Waals surface area contributed by atoms with E-state index >= 15 is 0 Å². The molecule has 0 aliphatic heterocycles. The number of rotatable bonds is 6. The van der Waals surface area contributed by atoms with Crippen molar-refractivity contribution >= 4 is 10.0 Å². The number of sulfonamides is 1. The Kier molecular flexibility index (Phi) is 5.16. The first-order valence-corrected chi connectivity index (χ1v) is 8.69. The highest BCUT2D eigenvalue weighted by atomic mass is 32.2. The zero-order valence-electron chi connectivity index (χ0n) is 12.9. The van der Waals surface area contributed by atoms with Crippen LogP contribution >= 0.6 is 0 Å². The van der Waals surface area contributed by atoms with E-state index in [-0.39, 0.29) is 16.9 Å². The molecule has 2 rings (SSSR count). The number of hydrogen-bond donors (Lipinski definition) is 1. The van der Waals surface area contributed by atoms with E-state index in [1.54, 1.807) is 30.3 Å². The maximum absolute atomic E-state index is 12.6. The molecule has 1 N–H and O–H groups in total. The average Bonchev–Trinajstić information content (AvgIpc) is 2.53. The number of aryl methyl sites for hydroxylation is 1. The molecule has 0 spiro atoms. The number of hydrogen-bond acceptors (Lipinski definition) is 2. The van der Waals surface area contributed by atoms with Gasteiger partial charge in [-0.15, -0.1) is 6.58 Å². The van der Waals surface area contributed by atoms with E-state index in [0.717, 1.165) is 11.1 Å². The van der Waals surface area contributed by atoms with Gasteiger partial charge < -0.3 is 0 Å². The van der Waals surface area contributed by atoms with E-state index in [9.17, 15) is 8.42 Å². The van der Waals surface area contributed by atoms with Crippen LogP contribution in [0.4, 0.5) is 0 Å². The first kappa shape index (κ1) is 16.5. The molecule has 0 aromatic heterocycles. The van der Waals surface area contributed by atoms with Crippen LogP contribution in [0.25, 0.3) is 0 Å². The first-order valence-electron chi connectivity index (χ1n) is 7.20. The van der Waals surface area contributed by atoms with Gasteiger partial charge in [0.2, 0.25) is 10.0 Å². The molecule has 2 atom stereocenters. The van der Waals surface area contributed by atoms with Crippen LogP contribution in [-0.4, -0.2) is 8.42 Å². The molecule has 2 aromatic rings. The fourth-order valence-corrected chi connectivity index (χ4v) is 3.54. The van der Waals surface area contributed by atoms with Crippen LogP contribution in [0.2, 0.25) is 0 Å². The summed E-state index contributed by atoms with van der Waals surface area (Å²) in [5, 5.41) is 0. The van der Waals surface area contributed by atoms with Crippen molar-refractivity contribution in [1.82, 2.24) is 4.72 Å². The molecule has 3 nitrogen and oxygen atoms in total. The minimum absolute atomic E-state index is 0.0253. The fourth-order valence-electron chi connectivity index (χ4n) is 2.23. The second kappa shape index (κ2) is 6.90. The first-order chi connectivity index (χ1) is 10.4. The zero-order chi connectivity index (χ0) is 16.2. The molecular weight excluding hydrogens is 294 g/mol. The SMILES string of the molecule is C=C[C@H](C)[C@H](NS(=O)(=O)c1ccc(C)cc1)c1ccccc1. The lowest BCUT2D eigenvalue weighted by molar-refractivity contribution is 0.498. The smallest absolute Gasteiger partial charge is 0.207 e. The highest BCUT2D eigenvalue weighted by Gasteiger charge is 2.24. The third-order valence-corrected chi connectivity index (χ3v) is 5.13. The molecular formula is C18H21NO2S. The Balaban J connectivity index is 2.34. The van der Waals surface area contributed by atoms with Gasteiger partial charge in [-0.05, 0) is 30.5 Å². The summed E-state index contributed by atoms with van der Waals surface area (Å²) >= 11 is 0. The van der Waals surface area contributed by atoms with Crippen molar-refractivity contribution in [3.05, 3.63) is 78.4 Å². The Morgan fingerprint density at radius 2 is 1.64 bits per heavy atom. The maximum atomic E-state index is 12.6. The Morgan fingerprint density at radius 1 is 1.05 bits per heavy atom. The van der Waals surface area contributed by atoms with Crippen LogP contribution in [0.1, 0.15) is 24.1 Å². The van der Waals surface area contributed by atoms with Crippen LogP contribution in [0.5, 0.6) is 0 Å². The summed E-state index contributed by atoms with van der Waals surface area (Å²) in [5.41, 5.74) is 1.95. The van der Waals surface area contributed by atoms with Crippen molar-refractivity contribution in [3.63, 3.8) is 0 Å². The molecule has 0 saturated carbocycles. The molecule has 22 heavy (non-hydrogen) atoms. The van der Waals surface area contributed by atoms with Gasteiger partial charge in [-0.3, -0.25) is 0 Å². The van der Waals surface area contributed by atoms with Crippen molar-refractivity contribution in [2.24, 2.45) is 5.92 Å². The topological polar surface area (TPSA) is 46.2 Å². The molecule has 0 unspecified atom stereocenters. The van der Waals surface area contributed by atoms with E-state index in [1.165, 1.54) is 0 Å². The summed E-state index contributed by atoms with van der Waals surface area (Å²) in [6.07, 6.45) is 1.76. The molecule has 0 heterocycles. The van der Waals surface area contributed by atoms with Gasteiger partial charge in [-0.25, -0.2) is 13.1 Å². The Labute approximate surface area is 132 Å². The van der Waals surface area contributed by atoms with Gasteiger partial charge in [-0.2, -0.15) is 0 Å². The van der Waals surface area contributed by atoms with Crippen molar-refractivity contribution in [1.29, 1.82) is 0 Å². The molecule has 0 aliphatic carbocycles. The molecule has 2 aromatic carbocycles. The van der Waals surface area contributed by atoms with E-state index in [2.05, 4.69) is 11.3 Å². The largest absolute Gasteiger partial charge is 0.241 e. The van der Waals surface area contributed by atoms with Crippen molar-refractivity contribution < 1.29 is 8.42 Å². The lowest BCUT2D eigenvalue weighted by Crippen LogP contribution is -2.32. The van der Waals surface area contributed by atoms with E-state index in [1.807, 2.05) is 44.2 Å². The van der Waals surface area contributed by atoms with Crippen molar-refractivity contribution in [2.75, 3.05) is 0 Å². The monoisotopic (exact) mass is 315 g/mol. The Morgan fingerprint density at radius 3 is 2.18 bits per heavy atom. The molecule has 0 fully saturated rings. The summed E-state index contributed by atoms with van der Waals surface area (Å²) < 4.78 is 28.0. The lowest BCUT2D eigenvalue weighted by atomic mass is 9.96. The normalized spacial score (nSPS) is 14.3. The van der Waals surface area contributed by atoms with Gasteiger partial charge in [0.15, 0.2) is 0 Å². The van der Waals surface area contributed by atoms with Crippen LogP contribution in [0, 0.1) is 12.8 Å². The number of benzene rings is 2. The quantitative estimate of drug-likeness (QED) is 0.823. The summed E-state index contributed by atoms with van der Waals surface area (Å²) in [7, 11) is -3.58. The van der Waals surface area contributed by atoms with Crippen LogP contribution in [0.3, 0.4) is 0 Å². The van der Waals surface area contributed by atoms with E-state index in [4.69, 9.17) is 0 Å². The Hall–Kier alpha value is -1.91. The second-order valence-electron chi connectivity index (χ2n) is 5.42. The predicted octanol–water partition coefficient (Wildman–Crippen LogP) is 3.84. The van der Waals surface area contributed by atoms with Crippen LogP contribution in [-0.2, 0) is 10.0 Å². The molecule has 0 amide bonds. The van der Waals surface area contributed by atoms with Gasteiger partial charge in [0, 0.05) is 0 Å². The molecule has 0 radical (unpaired) electrons. The average molecular weight is 315 g/mol. The minimum atomic E-state index is -3.58.